The van der Waals surface area contributed by atoms with Gasteiger partial charge < -0.3 is 14.5 Å². The maximum absolute atomic E-state index is 13.9. The molecule has 1 aliphatic rings. The van der Waals surface area contributed by atoms with Gasteiger partial charge in [-0.25, -0.2) is 0 Å². The normalized spacial score (nSPS) is 16.1. The zero-order valence-electron chi connectivity index (χ0n) is 20.4. The number of carbonyl (C=O) groups excluding carboxylic acids is 2. The summed E-state index contributed by atoms with van der Waals surface area (Å²) in [5.74, 6) is 0.462. The van der Waals surface area contributed by atoms with Crippen LogP contribution in [0.4, 0.5) is 17.1 Å². The Labute approximate surface area is 201 Å². The van der Waals surface area contributed by atoms with E-state index in [0.29, 0.717) is 12.3 Å². The van der Waals surface area contributed by atoms with Gasteiger partial charge in [0.25, 0.3) is 5.91 Å². The summed E-state index contributed by atoms with van der Waals surface area (Å²) in [6, 6.07) is 20.2. The number of hydrogen-bond donors (Lipinski definition) is 0. The summed E-state index contributed by atoms with van der Waals surface area (Å²) in [5.41, 5.74) is 5.43. The number of hydrogen-bond acceptors (Lipinski definition) is 4. The number of benzene rings is 3. The summed E-state index contributed by atoms with van der Waals surface area (Å²) >= 11 is 0. The number of piperazine rings is 1. The molecule has 0 saturated carbocycles. The molecule has 3 aromatic carbocycles. The number of anilines is 3. The van der Waals surface area contributed by atoms with Crippen molar-refractivity contribution in [1.29, 1.82) is 0 Å². The minimum atomic E-state index is -0.767. The van der Waals surface area contributed by atoms with E-state index in [2.05, 4.69) is 0 Å². The van der Waals surface area contributed by atoms with E-state index in [9.17, 15) is 9.59 Å². The molecule has 0 N–H and O–H groups in total. The SMILES string of the molecule is CCOc1ccc(N2C(=O)CN(c3ccc(C)c(C)c3)C(=O)[C@@H]2c2ccc(N(C)C)cc2)cc1. The fourth-order valence-corrected chi connectivity index (χ4v) is 4.21. The molecule has 1 atom stereocenters. The molecule has 6 heteroatoms. The van der Waals surface area contributed by atoms with Crippen LogP contribution in [-0.2, 0) is 9.59 Å². The molecule has 4 rings (SSSR count). The first-order valence-electron chi connectivity index (χ1n) is 11.5. The molecule has 0 radical (unpaired) electrons. The van der Waals surface area contributed by atoms with Crippen LogP contribution in [0.5, 0.6) is 5.75 Å². The predicted molar refractivity (Wildman–Crippen MR) is 137 cm³/mol. The first-order valence-corrected chi connectivity index (χ1v) is 11.5. The van der Waals surface area contributed by atoms with Gasteiger partial charge in [0.1, 0.15) is 18.3 Å². The Bertz CT molecular complexity index is 1190. The van der Waals surface area contributed by atoms with Gasteiger partial charge >= 0.3 is 0 Å². The van der Waals surface area contributed by atoms with E-state index in [1.807, 2.05) is 106 Å². The fourth-order valence-electron chi connectivity index (χ4n) is 4.21. The second kappa shape index (κ2) is 9.59. The first kappa shape index (κ1) is 23.4. The van der Waals surface area contributed by atoms with Gasteiger partial charge in [-0.1, -0.05) is 18.2 Å². The minimum Gasteiger partial charge on any atom is -0.494 e. The van der Waals surface area contributed by atoms with Gasteiger partial charge in [0.15, 0.2) is 0 Å². The lowest BCUT2D eigenvalue weighted by Gasteiger charge is -2.40. The van der Waals surface area contributed by atoms with Crippen molar-refractivity contribution >= 4 is 28.9 Å². The molecule has 0 spiro atoms. The van der Waals surface area contributed by atoms with Crippen molar-refractivity contribution in [2.75, 3.05) is 41.9 Å². The summed E-state index contributed by atoms with van der Waals surface area (Å²) in [5, 5.41) is 0. The van der Waals surface area contributed by atoms with Crippen molar-refractivity contribution in [3.05, 3.63) is 83.4 Å². The molecule has 2 amide bonds. The van der Waals surface area contributed by atoms with Gasteiger partial charge in [-0.05, 0) is 86.0 Å². The Balaban J connectivity index is 1.78. The second-order valence-corrected chi connectivity index (χ2v) is 8.77. The second-order valence-electron chi connectivity index (χ2n) is 8.77. The Morgan fingerprint density at radius 1 is 0.882 bits per heavy atom. The number of ether oxygens (including phenoxy) is 1. The molecule has 6 nitrogen and oxygen atoms in total. The highest BCUT2D eigenvalue weighted by Gasteiger charge is 2.42. The van der Waals surface area contributed by atoms with Gasteiger partial charge in [0.2, 0.25) is 5.91 Å². The topological polar surface area (TPSA) is 53.1 Å². The third kappa shape index (κ3) is 4.49. The molecular weight excluding hydrogens is 426 g/mol. The van der Waals surface area contributed by atoms with Gasteiger partial charge in [0, 0.05) is 31.2 Å². The Kier molecular flexibility index (Phi) is 6.59. The highest BCUT2D eigenvalue weighted by atomic mass is 16.5. The standard InChI is InChI=1S/C28H31N3O3/c1-6-34-25-15-13-23(14-16-25)31-26(32)18-30(24-10-7-19(2)20(3)17-24)28(33)27(31)21-8-11-22(12-9-21)29(4)5/h7-17,27H,6,18H2,1-5H3/t27-/m0/s1. The van der Waals surface area contributed by atoms with Crippen LogP contribution >= 0.6 is 0 Å². The molecule has 1 saturated heterocycles. The lowest BCUT2D eigenvalue weighted by molar-refractivity contribution is -0.128. The largest absolute Gasteiger partial charge is 0.494 e. The maximum atomic E-state index is 13.9. The van der Waals surface area contributed by atoms with E-state index in [4.69, 9.17) is 4.74 Å². The predicted octanol–water partition coefficient (Wildman–Crippen LogP) is 4.89. The van der Waals surface area contributed by atoms with Crippen molar-refractivity contribution < 1.29 is 14.3 Å². The smallest absolute Gasteiger partial charge is 0.255 e. The van der Waals surface area contributed by atoms with E-state index < -0.39 is 6.04 Å². The van der Waals surface area contributed by atoms with Crippen LogP contribution in [0.15, 0.2) is 66.7 Å². The monoisotopic (exact) mass is 457 g/mol. The summed E-state index contributed by atoms with van der Waals surface area (Å²) in [4.78, 5) is 32.7. The van der Waals surface area contributed by atoms with Crippen LogP contribution < -0.4 is 19.4 Å². The zero-order valence-corrected chi connectivity index (χ0v) is 20.4. The van der Waals surface area contributed by atoms with Gasteiger partial charge in [-0.2, -0.15) is 0 Å². The van der Waals surface area contributed by atoms with Crippen molar-refractivity contribution in [1.82, 2.24) is 0 Å². The first-order chi connectivity index (χ1) is 16.3. The summed E-state index contributed by atoms with van der Waals surface area (Å²) < 4.78 is 5.56. The average molecular weight is 458 g/mol. The molecule has 0 aliphatic carbocycles. The molecule has 176 valence electrons. The Morgan fingerprint density at radius 3 is 2.12 bits per heavy atom. The number of rotatable bonds is 6. The van der Waals surface area contributed by atoms with Crippen LogP contribution in [0.1, 0.15) is 29.7 Å². The highest BCUT2D eigenvalue weighted by molar-refractivity contribution is 6.14. The average Bonchev–Trinajstić information content (AvgIpc) is 2.83. The zero-order chi connectivity index (χ0) is 24.4. The number of carbonyl (C=O) groups is 2. The van der Waals surface area contributed by atoms with Crippen LogP contribution in [-0.4, -0.2) is 39.1 Å². The third-order valence-corrected chi connectivity index (χ3v) is 6.27. The summed E-state index contributed by atoms with van der Waals surface area (Å²) in [7, 11) is 3.94. The molecule has 34 heavy (non-hydrogen) atoms. The molecule has 0 bridgehead atoms. The van der Waals surface area contributed by atoms with E-state index in [0.717, 1.165) is 33.8 Å². The third-order valence-electron chi connectivity index (χ3n) is 6.27. The fraction of sp³-hybridized carbons (Fsp3) is 0.286. The van der Waals surface area contributed by atoms with Crippen molar-refractivity contribution in [3.63, 3.8) is 0 Å². The lowest BCUT2D eigenvalue weighted by atomic mass is 9.98. The number of amides is 2. The maximum Gasteiger partial charge on any atom is 0.255 e. The molecule has 3 aromatic rings. The van der Waals surface area contributed by atoms with Crippen LogP contribution in [0.25, 0.3) is 0 Å². The highest BCUT2D eigenvalue weighted by Crippen LogP contribution is 2.36. The van der Waals surface area contributed by atoms with Crippen molar-refractivity contribution in [3.8, 4) is 5.75 Å². The minimum absolute atomic E-state index is 0.0131. The Hall–Kier alpha value is -3.80. The Morgan fingerprint density at radius 2 is 1.53 bits per heavy atom. The molecular formula is C28H31N3O3. The molecule has 0 aromatic heterocycles. The molecule has 1 aliphatic heterocycles. The lowest BCUT2D eigenvalue weighted by Crippen LogP contribution is -2.56. The van der Waals surface area contributed by atoms with Gasteiger partial charge in [-0.15, -0.1) is 0 Å². The van der Waals surface area contributed by atoms with Gasteiger partial charge in [0.05, 0.1) is 6.61 Å². The number of nitrogens with zero attached hydrogens (tertiary/aromatic N) is 3. The molecule has 1 fully saturated rings. The quantitative estimate of drug-likeness (QED) is 0.529. The van der Waals surface area contributed by atoms with Gasteiger partial charge in [-0.3, -0.25) is 14.5 Å². The van der Waals surface area contributed by atoms with Crippen LogP contribution in [0.3, 0.4) is 0 Å². The number of aryl methyl sites for hydroxylation is 2. The van der Waals surface area contributed by atoms with E-state index in [1.165, 1.54) is 0 Å². The summed E-state index contributed by atoms with van der Waals surface area (Å²) in [6.07, 6.45) is 0. The van der Waals surface area contributed by atoms with E-state index in [1.54, 1.807) is 9.80 Å². The van der Waals surface area contributed by atoms with Crippen molar-refractivity contribution in [2.45, 2.75) is 26.8 Å². The van der Waals surface area contributed by atoms with E-state index >= 15 is 0 Å². The molecule has 1 heterocycles. The van der Waals surface area contributed by atoms with E-state index in [-0.39, 0.29) is 18.4 Å². The van der Waals surface area contributed by atoms with Crippen molar-refractivity contribution in [2.24, 2.45) is 0 Å². The summed E-state index contributed by atoms with van der Waals surface area (Å²) in [6.45, 7) is 6.52. The molecule has 0 unspecified atom stereocenters. The van der Waals surface area contributed by atoms with Crippen LogP contribution in [0, 0.1) is 13.8 Å². The van der Waals surface area contributed by atoms with Crippen LogP contribution in [0.2, 0.25) is 0 Å².